The fourth-order valence-electron chi connectivity index (χ4n) is 1.32. The van der Waals surface area contributed by atoms with Gasteiger partial charge in [0.15, 0.2) is 11.5 Å². The largest absolute Gasteiger partial charge is 0.502 e. The van der Waals surface area contributed by atoms with Crippen LogP contribution in [0.15, 0.2) is 12.1 Å². The van der Waals surface area contributed by atoms with E-state index in [0.717, 1.165) is 18.7 Å². The average Bonchev–Trinajstić information content (AvgIpc) is 2.27. The minimum atomic E-state index is 0. The summed E-state index contributed by atoms with van der Waals surface area (Å²) in [6.07, 6.45) is 0. The van der Waals surface area contributed by atoms with Crippen molar-refractivity contribution in [2.75, 3.05) is 20.8 Å². The van der Waals surface area contributed by atoms with Crippen molar-refractivity contribution in [3.8, 4) is 17.2 Å². The van der Waals surface area contributed by atoms with E-state index in [2.05, 4.69) is 5.32 Å². The molecule has 0 aliphatic carbocycles. The Morgan fingerprint density at radius 2 is 1.69 bits per heavy atom. The molecule has 5 heteroatoms. The first kappa shape index (κ1) is 14.9. The molecule has 0 bridgehead atoms. The molecule has 0 radical (unpaired) electrons. The van der Waals surface area contributed by atoms with Gasteiger partial charge in [0.25, 0.3) is 0 Å². The number of aromatic hydroxyl groups is 1. The number of hydrogen-bond donors (Lipinski definition) is 2. The third-order valence-electron chi connectivity index (χ3n) is 2.12. The van der Waals surface area contributed by atoms with Gasteiger partial charge >= 0.3 is 0 Å². The highest BCUT2D eigenvalue weighted by atomic mass is 35.5. The van der Waals surface area contributed by atoms with Crippen LogP contribution in [0.2, 0.25) is 0 Å². The second-order valence-electron chi connectivity index (χ2n) is 3.13. The van der Waals surface area contributed by atoms with Crippen LogP contribution in [0, 0.1) is 0 Å². The summed E-state index contributed by atoms with van der Waals surface area (Å²) in [7, 11) is 3.04. The van der Waals surface area contributed by atoms with Crippen molar-refractivity contribution in [2.24, 2.45) is 0 Å². The fraction of sp³-hybridized carbons (Fsp3) is 0.455. The van der Waals surface area contributed by atoms with E-state index in [0.29, 0.717) is 11.5 Å². The molecule has 0 fully saturated rings. The monoisotopic (exact) mass is 247 g/mol. The van der Waals surface area contributed by atoms with Gasteiger partial charge in [-0.3, -0.25) is 0 Å². The molecule has 0 unspecified atom stereocenters. The maximum Gasteiger partial charge on any atom is 0.200 e. The Balaban J connectivity index is 0.00000225. The Labute approximate surface area is 102 Å². The van der Waals surface area contributed by atoms with E-state index in [1.54, 1.807) is 12.1 Å². The summed E-state index contributed by atoms with van der Waals surface area (Å²) in [6, 6.07) is 3.58. The van der Waals surface area contributed by atoms with Crippen LogP contribution >= 0.6 is 12.4 Å². The van der Waals surface area contributed by atoms with E-state index >= 15 is 0 Å². The molecule has 0 aliphatic heterocycles. The molecule has 0 atom stereocenters. The zero-order chi connectivity index (χ0) is 11.3. The van der Waals surface area contributed by atoms with Gasteiger partial charge in [0, 0.05) is 6.54 Å². The van der Waals surface area contributed by atoms with Crippen molar-refractivity contribution < 1.29 is 14.6 Å². The Bertz CT molecular complexity index is 306. The topological polar surface area (TPSA) is 50.7 Å². The Morgan fingerprint density at radius 1 is 1.19 bits per heavy atom. The molecule has 0 amide bonds. The first-order valence-electron chi connectivity index (χ1n) is 4.87. The SMILES string of the molecule is CCNCc1cc(OC)c(O)c(OC)c1.Cl. The molecular weight excluding hydrogens is 230 g/mol. The number of phenolic OH excluding ortho intramolecular Hbond substituents is 1. The van der Waals surface area contributed by atoms with Crippen LogP contribution in [0.5, 0.6) is 17.2 Å². The smallest absolute Gasteiger partial charge is 0.200 e. The average molecular weight is 248 g/mol. The summed E-state index contributed by atoms with van der Waals surface area (Å²) in [6.45, 7) is 3.66. The van der Waals surface area contributed by atoms with Crippen LogP contribution in [0.4, 0.5) is 0 Å². The third-order valence-corrected chi connectivity index (χ3v) is 2.12. The van der Waals surface area contributed by atoms with Crippen molar-refractivity contribution in [1.29, 1.82) is 0 Å². The second kappa shape index (κ2) is 7.19. The number of halogens is 1. The molecule has 0 saturated heterocycles. The lowest BCUT2D eigenvalue weighted by molar-refractivity contribution is 0.339. The summed E-state index contributed by atoms with van der Waals surface area (Å²) in [5.74, 6) is 0.907. The molecule has 0 aliphatic rings. The number of ether oxygens (including phenoxy) is 2. The highest BCUT2D eigenvalue weighted by Crippen LogP contribution is 2.36. The number of methoxy groups -OCH3 is 2. The number of nitrogens with one attached hydrogen (secondary N) is 1. The predicted molar refractivity (Wildman–Crippen MR) is 65.8 cm³/mol. The van der Waals surface area contributed by atoms with Crippen molar-refractivity contribution >= 4 is 12.4 Å². The van der Waals surface area contributed by atoms with Crippen molar-refractivity contribution in [1.82, 2.24) is 5.32 Å². The minimum absolute atomic E-state index is 0. The van der Waals surface area contributed by atoms with E-state index in [1.165, 1.54) is 14.2 Å². The van der Waals surface area contributed by atoms with Gasteiger partial charge in [-0.1, -0.05) is 6.92 Å². The van der Waals surface area contributed by atoms with E-state index < -0.39 is 0 Å². The summed E-state index contributed by atoms with van der Waals surface area (Å²) >= 11 is 0. The van der Waals surface area contributed by atoms with E-state index in [-0.39, 0.29) is 18.2 Å². The van der Waals surface area contributed by atoms with Crippen LogP contribution in [0.1, 0.15) is 12.5 Å². The van der Waals surface area contributed by atoms with Gasteiger partial charge in [-0.05, 0) is 24.2 Å². The number of phenols is 1. The first-order chi connectivity index (χ1) is 7.22. The van der Waals surface area contributed by atoms with Gasteiger partial charge in [-0.2, -0.15) is 0 Å². The van der Waals surface area contributed by atoms with Crippen LogP contribution < -0.4 is 14.8 Å². The molecule has 16 heavy (non-hydrogen) atoms. The highest BCUT2D eigenvalue weighted by Gasteiger charge is 2.10. The highest BCUT2D eigenvalue weighted by molar-refractivity contribution is 5.85. The number of hydrogen-bond acceptors (Lipinski definition) is 4. The van der Waals surface area contributed by atoms with Crippen LogP contribution in [-0.2, 0) is 6.54 Å². The van der Waals surface area contributed by atoms with E-state index in [9.17, 15) is 5.11 Å². The van der Waals surface area contributed by atoms with Gasteiger partial charge < -0.3 is 19.9 Å². The van der Waals surface area contributed by atoms with Gasteiger partial charge in [0.2, 0.25) is 5.75 Å². The standard InChI is InChI=1S/C11H17NO3.ClH/c1-4-12-7-8-5-9(14-2)11(13)10(6-8)15-3;/h5-6,12-13H,4,7H2,1-3H3;1H. The Morgan fingerprint density at radius 3 is 2.06 bits per heavy atom. The lowest BCUT2D eigenvalue weighted by Crippen LogP contribution is -2.11. The fourth-order valence-corrected chi connectivity index (χ4v) is 1.32. The maximum absolute atomic E-state index is 9.67. The summed E-state index contributed by atoms with van der Waals surface area (Å²) in [5, 5.41) is 12.9. The van der Waals surface area contributed by atoms with Crippen molar-refractivity contribution in [3.63, 3.8) is 0 Å². The summed E-state index contributed by atoms with van der Waals surface area (Å²) in [5.41, 5.74) is 1.02. The quantitative estimate of drug-likeness (QED) is 0.835. The van der Waals surface area contributed by atoms with Gasteiger partial charge in [0.05, 0.1) is 14.2 Å². The number of rotatable bonds is 5. The lowest BCUT2D eigenvalue weighted by Gasteiger charge is -2.11. The molecule has 92 valence electrons. The van der Waals surface area contributed by atoms with Crippen molar-refractivity contribution in [3.05, 3.63) is 17.7 Å². The van der Waals surface area contributed by atoms with Crippen LogP contribution in [0.3, 0.4) is 0 Å². The molecule has 0 saturated carbocycles. The molecule has 1 aromatic carbocycles. The molecule has 0 spiro atoms. The van der Waals surface area contributed by atoms with Gasteiger partial charge in [-0.25, -0.2) is 0 Å². The van der Waals surface area contributed by atoms with Crippen molar-refractivity contribution in [2.45, 2.75) is 13.5 Å². The second-order valence-corrected chi connectivity index (χ2v) is 3.13. The molecule has 0 aromatic heterocycles. The predicted octanol–water partition coefficient (Wildman–Crippen LogP) is 1.94. The summed E-state index contributed by atoms with van der Waals surface area (Å²) < 4.78 is 10.1. The molecule has 1 aromatic rings. The normalized spacial score (nSPS) is 9.44. The van der Waals surface area contributed by atoms with Crippen LogP contribution in [-0.4, -0.2) is 25.9 Å². The van der Waals surface area contributed by atoms with Gasteiger partial charge in [0.1, 0.15) is 0 Å². The van der Waals surface area contributed by atoms with Crippen LogP contribution in [0.25, 0.3) is 0 Å². The first-order valence-corrected chi connectivity index (χ1v) is 4.87. The van der Waals surface area contributed by atoms with Gasteiger partial charge in [-0.15, -0.1) is 12.4 Å². The number of benzene rings is 1. The maximum atomic E-state index is 9.67. The van der Waals surface area contributed by atoms with E-state index in [1.807, 2.05) is 6.92 Å². The molecule has 1 rings (SSSR count). The zero-order valence-electron chi connectivity index (χ0n) is 9.74. The molecule has 2 N–H and O–H groups in total. The minimum Gasteiger partial charge on any atom is -0.502 e. The van der Waals surface area contributed by atoms with E-state index in [4.69, 9.17) is 9.47 Å². The molecular formula is C11H18ClNO3. The molecule has 4 nitrogen and oxygen atoms in total. The molecule has 0 heterocycles. The zero-order valence-corrected chi connectivity index (χ0v) is 10.6. The lowest BCUT2D eigenvalue weighted by atomic mass is 10.2. The Hall–Kier alpha value is -1.13. The third kappa shape index (κ3) is 3.47. The Kier molecular flexibility index (Phi) is 6.69. The summed E-state index contributed by atoms with van der Waals surface area (Å²) in [4.78, 5) is 0.